The third-order valence-electron chi connectivity index (χ3n) is 2.87. The normalized spacial score (nSPS) is 21.7. The Morgan fingerprint density at radius 1 is 1.31 bits per heavy atom. The van der Waals surface area contributed by atoms with Crippen LogP contribution in [0.3, 0.4) is 0 Å². The number of hydrogen-bond acceptors (Lipinski definition) is 2. The fourth-order valence-electron chi connectivity index (χ4n) is 1.94. The Hall–Kier alpha value is -0.0800. The minimum atomic E-state index is -0.0622. The van der Waals surface area contributed by atoms with Crippen molar-refractivity contribution in [1.82, 2.24) is 0 Å². The lowest BCUT2D eigenvalue weighted by atomic mass is 9.93. The van der Waals surface area contributed by atoms with Crippen molar-refractivity contribution in [3.05, 3.63) is 0 Å². The summed E-state index contributed by atoms with van der Waals surface area (Å²) >= 11 is 0. The lowest BCUT2D eigenvalue weighted by Gasteiger charge is -2.22. The summed E-state index contributed by atoms with van der Waals surface area (Å²) < 4.78 is 5.29. The van der Waals surface area contributed by atoms with Gasteiger partial charge in [-0.15, -0.1) is 0 Å². The molecule has 0 bridgehead atoms. The van der Waals surface area contributed by atoms with Crippen LogP contribution in [0, 0.1) is 5.92 Å². The van der Waals surface area contributed by atoms with Gasteiger partial charge in [-0.2, -0.15) is 0 Å². The molecule has 2 heteroatoms. The quantitative estimate of drug-likeness (QED) is 0.714. The molecule has 0 aromatic carbocycles. The Labute approximate surface area is 81.3 Å². The third kappa shape index (κ3) is 4.63. The molecule has 1 saturated heterocycles. The van der Waals surface area contributed by atoms with E-state index < -0.39 is 0 Å². The highest BCUT2D eigenvalue weighted by Crippen LogP contribution is 2.21. The predicted octanol–water partition coefficient (Wildman–Crippen LogP) is 2.35. The van der Waals surface area contributed by atoms with Gasteiger partial charge in [0, 0.05) is 13.2 Å². The summed E-state index contributed by atoms with van der Waals surface area (Å²) in [5, 5.41) is 9.55. The van der Waals surface area contributed by atoms with Crippen molar-refractivity contribution >= 4 is 0 Å². The molecule has 1 fully saturated rings. The molecule has 0 amide bonds. The molecule has 1 aliphatic rings. The molecule has 1 heterocycles. The molecule has 1 atom stereocenters. The average molecular weight is 186 g/mol. The first-order valence-corrected chi connectivity index (χ1v) is 5.58. The molecule has 0 aliphatic carbocycles. The van der Waals surface area contributed by atoms with Crippen molar-refractivity contribution in [1.29, 1.82) is 0 Å². The molecule has 0 spiro atoms. The summed E-state index contributed by atoms with van der Waals surface area (Å²) in [6.45, 7) is 3.97. The van der Waals surface area contributed by atoms with Gasteiger partial charge in [-0.1, -0.05) is 13.3 Å². The van der Waals surface area contributed by atoms with E-state index in [1.807, 2.05) is 0 Å². The highest BCUT2D eigenvalue weighted by Gasteiger charge is 2.14. The number of aliphatic hydroxyl groups excluding tert-OH is 1. The summed E-state index contributed by atoms with van der Waals surface area (Å²) in [5.41, 5.74) is 0. The van der Waals surface area contributed by atoms with Crippen LogP contribution in [0.5, 0.6) is 0 Å². The van der Waals surface area contributed by atoms with Gasteiger partial charge in [-0.05, 0) is 38.0 Å². The van der Waals surface area contributed by atoms with Gasteiger partial charge in [0.15, 0.2) is 0 Å². The molecule has 1 rings (SSSR count). The zero-order valence-electron chi connectivity index (χ0n) is 8.67. The summed E-state index contributed by atoms with van der Waals surface area (Å²) in [5.74, 6) is 0.806. The number of ether oxygens (including phenoxy) is 1. The maximum atomic E-state index is 9.55. The smallest absolute Gasteiger partial charge is 0.0540 e. The zero-order valence-corrected chi connectivity index (χ0v) is 8.67. The standard InChI is InChI=1S/C11H22O2/c1-2-3-11(12)5-4-10-6-8-13-9-7-10/h10-12H,2-9H2,1H3. The topological polar surface area (TPSA) is 29.5 Å². The van der Waals surface area contributed by atoms with Gasteiger partial charge >= 0.3 is 0 Å². The lowest BCUT2D eigenvalue weighted by molar-refractivity contribution is 0.0562. The molecule has 13 heavy (non-hydrogen) atoms. The third-order valence-corrected chi connectivity index (χ3v) is 2.87. The summed E-state index contributed by atoms with van der Waals surface area (Å²) in [6.07, 6.45) is 6.55. The van der Waals surface area contributed by atoms with Gasteiger partial charge in [0.25, 0.3) is 0 Å². The maximum Gasteiger partial charge on any atom is 0.0540 e. The van der Waals surface area contributed by atoms with E-state index in [1.54, 1.807) is 0 Å². The lowest BCUT2D eigenvalue weighted by Crippen LogP contribution is -2.17. The first-order valence-electron chi connectivity index (χ1n) is 5.58. The first kappa shape index (κ1) is 11.0. The first-order chi connectivity index (χ1) is 6.33. The van der Waals surface area contributed by atoms with E-state index in [-0.39, 0.29) is 6.10 Å². The highest BCUT2D eigenvalue weighted by atomic mass is 16.5. The van der Waals surface area contributed by atoms with Crippen LogP contribution in [0.2, 0.25) is 0 Å². The van der Waals surface area contributed by atoms with Crippen LogP contribution >= 0.6 is 0 Å². The Kier molecular flexibility index (Phi) is 5.40. The molecule has 0 saturated carbocycles. The van der Waals surface area contributed by atoms with E-state index in [2.05, 4.69) is 6.92 Å². The van der Waals surface area contributed by atoms with Gasteiger partial charge in [0.2, 0.25) is 0 Å². The van der Waals surface area contributed by atoms with Gasteiger partial charge in [-0.3, -0.25) is 0 Å². The molecule has 78 valence electrons. The second kappa shape index (κ2) is 6.39. The SMILES string of the molecule is CCCC(O)CCC1CCOCC1. The molecular formula is C11H22O2. The summed E-state index contributed by atoms with van der Waals surface area (Å²) in [7, 11) is 0. The molecule has 2 nitrogen and oxygen atoms in total. The number of aliphatic hydroxyl groups is 1. The molecule has 0 radical (unpaired) electrons. The number of rotatable bonds is 5. The monoisotopic (exact) mass is 186 g/mol. The zero-order chi connectivity index (χ0) is 9.52. The van der Waals surface area contributed by atoms with E-state index in [4.69, 9.17) is 4.74 Å². The molecule has 1 aliphatic heterocycles. The maximum absolute atomic E-state index is 9.55. The second-order valence-corrected chi connectivity index (χ2v) is 4.08. The minimum Gasteiger partial charge on any atom is -0.393 e. The molecular weight excluding hydrogens is 164 g/mol. The van der Waals surface area contributed by atoms with E-state index in [9.17, 15) is 5.11 Å². The van der Waals surface area contributed by atoms with Crippen LogP contribution in [0.1, 0.15) is 45.4 Å². The van der Waals surface area contributed by atoms with E-state index >= 15 is 0 Å². The van der Waals surface area contributed by atoms with Crippen molar-refractivity contribution in [2.45, 2.75) is 51.6 Å². The fourth-order valence-corrected chi connectivity index (χ4v) is 1.94. The van der Waals surface area contributed by atoms with Crippen LogP contribution in [0.25, 0.3) is 0 Å². The van der Waals surface area contributed by atoms with Crippen LogP contribution in [-0.2, 0) is 4.74 Å². The molecule has 0 aromatic heterocycles. The minimum absolute atomic E-state index is 0.0622. The fraction of sp³-hybridized carbons (Fsp3) is 1.00. The largest absolute Gasteiger partial charge is 0.393 e. The molecule has 1 unspecified atom stereocenters. The second-order valence-electron chi connectivity index (χ2n) is 4.08. The van der Waals surface area contributed by atoms with Crippen molar-refractivity contribution < 1.29 is 9.84 Å². The van der Waals surface area contributed by atoms with E-state index in [0.717, 1.165) is 38.4 Å². The Morgan fingerprint density at radius 3 is 2.62 bits per heavy atom. The van der Waals surface area contributed by atoms with Crippen LogP contribution in [0.15, 0.2) is 0 Å². The Bertz CT molecular complexity index is 119. The average Bonchev–Trinajstić information content (AvgIpc) is 2.17. The van der Waals surface area contributed by atoms with Crippen molar-refractivity contribution in [3.63, 3.8) is 0 Å². The van der Waals surface area contributed by atoms with E-state index in [0.29, 0.717) is 0 Å². The van der Waals surface area contributed by atoms with Crippen LogP contribution < -0.4 is 0 Å². The predicted molar refractivity (Wildman–Crippen MR) is 53.7 cm³/mol. The molecule has 0 aromatic rings. The van der Waals surface area contributed by atoms with Gasteiger partial charge < -0.3 is 9.84 Å². The van der Waals surface area contributed by atoms with Crippen molar-refractivity contribution in [2.75, 3.05) is 13.2 Å². The Balaban J connectivity index is 2.03. The number of hydrogen-bond donors (Lipinski definition) is 1. The van der Waals surface area contributed by atoms with Crippen molar-refractivity contribution in [2.24, 2.45) is 5.92 Å². The van der Waals surface area contributed by atoms with Crippen LogP contribution in [-0.4, -0.2) is 24.4 Å². The van der Waals surface area contributed by atoms with E-state index in [1.165, 1.54) is 19.3 Å². The molecule has 1 N–H and O–H groups in total. The van der Waals surface area contributed by atoms with Crippen molar-refractivity contribution in [3.8, 4) is 0 Å². The summed E-state index contributed by atoms with van der Waals surface area (Å²) in [6, 6.07) is 0. The highest BCUT2D eigenvalue weighted by molar-refractivity contribution is 4.66. The Morgan fingerprint density at radius 2 is 2.00 bits per heavy atom. The van der Waals surface area contributed by atoms with Crippen LogP contribution in [0.4, 0.5) is 0 Å². The van der Waals surface area contributed by atoms with Gasteiger partial charge in [-0.25, -0.2) is 0 Å². The van der Waals surface area contributed by atoms with Gasteiger partial charge in [0.05, 0.1) is 6.10 Å². The van der Waals surface area contributed by atoms with Gasteiger partial charge in [0.1, 0.15) is 0 Å². The summed E-state index contributed by atoms with van der Waals surface area (Å²) in [4.78, 5) is 0.